The van der Waals surface area contributed by atoms with Gasteiger partial charge in [-0.25, -0.2) is 14.3 Å². The second kappa shape index (κ2) is 10.5. The van der Waals surface area contributed by atoms with Crippen LogP contribution in [0.5, 0.6) is 0 Å². The van der Waals surface area contributed by atoms with Crippen LogP contribution in [0.25, 0.3) is 22.6 Å². The van der Waals surface area contributed by atoms with Gasteiger partial charge in [0.15, 0.2) is 5.82 Å². The summed E-state index contributed by atoms with van der Waals surface area (Å²) in [4.78, 5) is 13.7. The van der Waals surface area contributed by atoms with E-state index in [0.717, 1.165) is 39.8 Å². The quantitative estimate of drug-likeness (QED) is 0.338. The predicted molar refractivity (Wildman–Crippen MR) is 137 cm³/mol. The van der Waals surface area contributed by atoms with Crippen LogP contribution in [0.15, 0.2) is 78.2 Å². The molecule has 11 heteroatoms. The Morgan fingerprint density at radius 2 is 1.81 bits per heavy atom. The fourth-order valence-electron chi connectivity index (χ4n) is 4.19. The Morgan fingerprint density at radius 3 is 2.46 bits per heavy atom. The smallest absolute Gasteiger partial charge is 0.390 e. The van der Waals surface area contributed by atoms with Crippen molar-refractivity contribution in [2.24, 2.45) is 7.05 Å². The van der Waals surface area contributed by atoms with Crippen molar-refractivity contribution in [2.45, 2.75) is 29.6 Å². The van der Waals surface area contributed by atoms with Gasteiger partial charge in [-0.05, 0) is 65.9 Å². The van der Waals surface area contributed by atoms with Crippen LogP contribution in [0.1, 0.15) is 12.0 Å². The normalized spacial score (nSPS) is 18.6. The van der Waals surface area contributed by atoms with E-state index in [4.69, 9.17) is 0 Å². The van der Waals surface area contributed by atoms with E-state index in [1.165, 1.54) is 6.07 Å². The predicted octanol–water partition coefficient (Wildman–Crippen LogP) is 5.12. The third kappa shape index (κ3) is 5.95. The minimum absolute atomic E-state index is 0.289. The molecule has 1 fully saturated rings. The number of aliphatic hydroxyl groups is 1. The summed E-state index contributed by atoms with van der Waals surface area (Å²) in [7, 11) is 1.93. The summed E-state index contributed by atoms with van der Waals surface area (Å²) in [6.45, 7) is 1.13. The topological polar surface area (TPSA) is 79.1 Å². The lowest BCUT2D eigenvalue weighted by Crippen LogP contribution is -2.47. The number of nitrogens with zero attached hydrogens (tertiary/aromatic N) is 5. The molecule has 0 amide bonds. The minimum Gasteiger partial charge on any atom is -0.390 e. The molecule has 1 aliphatic rings. The van der Waals surface area contributed by atoms with E-state index in [9.17, 15) is 18.3 Å². The standard InChI is InChI=1S/C26H25F3N6OS/c1-34-13-11-31-25(34)22-14-18(8-10-30-22)17-2-5-20(6-3-17)37-35-12-9-21(23(36)16-35)33-24-7-4-19(15-32-24)26(27,28)29/h2-8,10-11,13-15,21,23,36H,9,12,16H2,1H3,(H,32,33). The van der Waals surface area contributed by atoms with Crippen LogP contribution in [0.2, 0.25) is 0 Å². The molecule has 2 N–H and O–H groups in total. The zero-order chi connectivity index (χ0) is 26.0. The molecule has 192 valence electrons. The number of piperidine rings is 1. The lowest BCUT2D eigenvalue weighted by atomic mass is 10.0. The summed E-state index contributed by atoms with van der Waals surface area (Å²) in [5.74, 6) is 1.12. The summed E-state index contributed by atoms with van der Waals surface area (Å²) in [5.41, 5.74) is 2.12. The molecule has 0 spiro atoms. The maximum absolute atomic E-state index is 12.7. The van der Waals surface area contributed by atoms with E-state index < -0.39 is 17.8 Å². The van der Waals surface area contributed by atoms with E-state index in [1.807, 2.05) is 42.1 Å². The van der Waals surface area contributed by atoms with Crippen LogP contribution in [0, 0.1) is 0 Å². The van der Waals surface area contributed by atoms with Gasteiger partial charge in [0.1, 0.15) is 11.5 Å². The third-order valence-corrected chi connectivity index (χ3v) is 7.27. The first kappa shape index (κ1) is 25.2. The fraction of sp³-hybridized carbons (Fsp3) is 0.269. The van der Waals surface area contributed by atoms with Crippen LogP contribution >= 0.6 is 11.9 Å². The minimum atomic E-state index is -4.42. The Bertz CT molecular complexity index is 1340. The van der Waals surface area contributed by atoms with Crippen LogP contribution in [0.4, 0.5) is 19.0 Å². The van der Waals surface area contributed by atoms with Crippen molar-refractivity contribution in [1.82, 2.24) is 23.8 Å². The molecule has 3 aromatic heterocycles. The number of hydrogen-bond donors (Lipinski definition) is 2. The molecular formula is C26H25F3N6OS. The van der Waals surface area contributed by atoms with Crippen molar-refractivity contribution >= 4 is 17.8 Å². The molecule has 2 atom stereocenters. The Morgan fingerprint density at radius 1 is 1.00 bits per heavy atom. The summed E-state index contributed by atoms with van der Waals surface area (Å²) >= 11 is 1.57. The number of pyridine rings is 2. The zero-order valence-electron chi connectivity index (χ0n) is 19.9. The largest absolute Gasteiger partial charge is 0.417 e. The van der Waals surface area contributed by atoms with Crippen molar-refractivity contribution in [1.29, 1.82) is 0 Å². The highest BCUT2D eigenvalue weighted by atomic mass is 32.2. The summed E-state index contributed by atoms with van der Waals surface area (Å²) in [6, 6.07) is 14.2. The number of imidazole rings is 1. The first-order chi connectivity index (χ1) is 17.8. The van der Waals surface area contributed by atoms with Gasteiger partial charge in [-0.3, -0.25) is 4.98 Å². The molecule has 0 bridgehead atoms. The van der Waals surface area contributed by atoms with Gasteiger partial charge in [-0.15, -0.1) is 0 Å². The van der Waals surface area contributed by atoms with Crippen LogP contribution < -0.4 is 5.32 Å². The van der Waals surface area contributed by atoms with Crippen molar-refractivity contribution in [3.8, 4) is 22.6 Å². The van der Waals surface area contributed by atoms with Gasteiger partial charge >= 0.3 is 6.18 Å². The maximum atomic E-state index is 12.7. The van der Waals surface area contributed by atoms with Crippen molar-refractivity contribution in [3.05, 3.63) is 78.9 Å². The van der Waals surface area contributed by atoms with Crippen LogP contribution in [-0.2, 0) is 13.2 Å². The van der Waals surface area contributed by atoms with Gasteiger partial charge in [0.25, 0.3) is 0 Å². The van der Waals surface area contributed by atoms with Gasteiger partial charge in [-0.1, -0.05) is 12.1 Å². The number of anilines is 1. The van der Waals surface area contributed by atoms with Gasteiger partial charge in [0, 0.05) is 49.8 Å². The van der Waals surface area contributed by atoms with Crippen LogP contribution in [-0.4, -0.2) is 54.2 Å². The average molecular weight is 527 g/mol. The number of benzene rings is 1. The number of β-amino-alcohol motifs (C(OH)–C–C–N with tert-alkyl or cyclic N) is 1. The average Bonchev–Trinajstić information content (AvgIpc) is 3.32. The van der Waals surface area contributed by atoms with Gasteiger partial charge in [0.05, 0.1) is 17.7 Å². The molecule has 7 nitrogen and oxygen atoms in total. The fourth-order valence-corrected chi connectivity index (χ4v) is 5.17. The second-order valence-corrected chi connectivity index (χ2v) is 10.0. The van der Waals surface area contributed by atoms with E-state index in [1.54, 1.807) is 24.3 Å². The summed E-state index contributed by atoms with van der Waals surface area (Å²) in [5, 5.41) is 13.7. The zero-order valence-corrected chi connectivity index (χ0v) is 20.7. The molecule has 5 rings (SSSR count). The van der Waals surface area contributed by atoms with E-state index >= 15 is 0 Å². The highest BCUT2D eigenvalue weighted by Gasteiger charge is 2.31. The number of aryl methyl sites for hydroxylation is 1. The number of aromatic nitrogens is 4. The Hall–Kier alpha value is -3.41. The molecule has 1 aromatic carbocycles. The van der Waals surface area contributed by atoms with E-state index in [0.29, 0.717) is 25.3 Å². The van der Waals surface area contributed by atoms with E-state index in [2.05, 4.69) is 36.7 Å². The summed E-state index contributed by atoms with van der Waals surface area (Å²) in [6.07, 6.45) is 1.73. The summed E-state index contributed by atoms with van der Waals surface area (Å²) < 4.78 is 42.2. The lowest BCUT2D eigenvalue weighted by molar-refractivity contribution is -0.137. The van der Waals surface area contributed by atoms with Gasteiger partial charge in [0.2, 0.25) is 0 Å². The Kier molecular flexibility index (Phi) is 7.18. The van der Waals surface area contributed by atoms with Crippen LogP contribution in [0.3, 0.4) is 0 Å². The second-order valence-electron chi connectivity index (χ2n) is 8.83. The number of nitrogens with one attached hydrogen (secondary N) is 1. The molecule has 0 saturated carbocycles. The Balaban J connectivity index is 1.17. The molecule has 1 saturated heterocycles. The highest BCUT2D eigenvalue weighted by Crippen LogP contribution is 2.31. The number of halogens is 3. The third-order valence-electron chi connectivity index (χ3n) is 6.20. The number of rotatable bonds is 6. The number of aliphatic hydroxyl groups excluding tert-OH is 1. The van der Waals surface area contributed by atoms with E-state index in [-0.39, 0.29) is 6.04 Å². The highest BCUT2D eigenvalue weighted by molar-refractivity contribution is 7.97. The molecule has 2 unspecified atom stereocenters. The van der Waals surface area contributed by atoms with Crippen molar-refractivity contribution < 1.29 is 18.3 Å². The first-order valence-corrected chi connectivity index (χ1v) is 12.5. The Labute approximate surface area is 216 Å². The van der Waals surface area contributed by atoms with Crippen molar-refractivity contribution in [2.75, 3.05) is 18.4 Å². The molecular weight excluding hydrogens is 501 g/mol. The molecule has 0 aliphatic carbocycles. The molecule has 0 radical (unpaired) electrons. The maximum Gasteiger partial charge on any atom is 0.417 e. The number of alkyl halides is 3. The van der Waals surface area contributed by atoms with Gasteiger partial charge < -0.3 is 15.0 Å². The molecule has 1 aliphatic heterocycles. The van der Waals surface area contributed by atoms with Crippen molar-refractivity contribution in [3.63, 3.8) is 0 Å². The SMILES string of the molecule is Cn1ccnc1-c1cc(-c2ccc(SN3CCC(Nc4ccc(C(F)(F)F)cn4)C(O)C3)cc2)ccn1. The van der Waals surface area contributed by atoms with Gasteiger partial charge in [-0.2, -0.15) is 13.2 Å². The molecule has 37 heavy (non-hydrogen) atoms. The molecule has 4 heterocycles. The number of hydrogen-bond acceptors (Lipinski definition) is 7. The molecule has 4 aromatic rings. The monoisotopic (exact) mass is 526 g/mol. The lowest BCUT2D eigenvalue weighted by Gasteiger charge is -2.35. The first-order valence-electron chi connectivity index (χ1n) is 11.7.